The van der Waals surface area contributed by atoms with Gasteiger partial charge in [0.25, 0.3) is 0 Å². The lowest BCUT2D eigenvalue weighted by molar-refractivity contribution is 0.399. The molecule has 0 bridgehead atoms. The average molecular weight is 249 g/mol. The zero-order valence-corrected chi connectivity index (χ0v) is 11.7. The second-order valence-corrected chi connectivity index (χ2v) is 5.63. The summed E-state index contributed by atoms with van der Waals surface area (Å²) in [7, 11) is 0. The van der Waals surface area contributed by atoms with Gasteiger partial charge in [-0.3, -0.25) is 0 Å². The molecule has 3 unspecified atom stereocenters. The van der Waals surface area contributed by atoms with Gasteiger partial charge in [-0.25, -0.2) is 4.39 Å². The van der Waals surface area contributed by atoms with E-state index < -0.39 is 0 Å². The van der Waals surface area contributed by atoms with Crippen LogP contribution in [-0.2, 0) is 0 Å². The van der Waals surface area contributed by atoms with Gasteiger partial charge in [-0.1, -0.05) is 31.5 Å². The predicted molar refractivity (Wildman–Crippen MR) is 74.4 cm³/mol. The van der Waals surface area contributed by atoms with Gasteiger partial charge >= 0.3 is 0 Å². The number of hydrogen-bond acceptors (Lipinski definition) is 1. The van der Waals surface area contributed by atoms with E-state index in [9.17, 15) is 4.39 Å². The van der Waals surface area contributed by atoms with Crippen LogP contribution in [-0.4, -0.2) is 12.6 Å². The zero-order chi connectivity index (χ0) is 13.1. The summed E-state index contributed by atoms with van der Waals surface area (Å²) in [4.78, 5) is 0. The van der Waals surface area contributed by atoms with E-state index in [1.807, 2.05) is 19.1 Å². The maximum atomic E-state index is 14.0. The van der Waals surface area contributed by atoms with Crippen molar-refractivity contribution in [1.29, 1.82) is 0 Å². The van der Waals surface area contributed by atoms with Gasteiger partial charge in [-0.15, -0.1) is 0 Å². The SMILES string of the molecule is CCCNC1CCC(c2cc(C)ccc2F)C1C. The summed E-state index contributed by atoms with van der Waals surface area (Å²) >= 11 is 0. The Morgan fingerprint density at radius 1 is 1.33 bits per heavy atom. The summed E-state index contributed by atoms with van der Waals surface area (Å²) in [6, 6.07) is 6.04. The molecule has 1 fully saturated rings. The molecule has 1 aliphatic carbocycles. The molecule has 100 valence electrons. The van der Waals surface area contributed by atoms with Crippen LogP contribution in [0.1, 0.15) is 50.2 Å². The van der Waals surface area contributed by atoms with Gasteiger partial charge in [0.05, 0.1) is 0 Å². The lowest BCUT2D eigenvalue weighted by Crippen LogP contribution is -2.32. The zero-order valence-electron chi connectivity index (χ0n) is 11.7. The molecule has 0 saturated heterocycles. The Bertz CT molecular complexity index is 402. The quantitative estimate of drug-likeness (QED) is 0.850. The second-order valence-electron chi connectivity index (χ2n) is 5.63. The van der Waals surface area contributed by atoms with Crippen LogP contribution in [0.3, 0.4) is 0 Å². The molecule has 1 N–H and O–H groups in total. The molecule has 2 rings (SSSR count). The molecule has 0 radical (unpaired) electrons. The van der Waals surface area contributed by atoms with Gasteiger partial charge in [0, 0.05) is 6.04 Å². The molecule has 1 aliphatic rings. The first kappa shape index (κ1) is 13.5. The molecule has 1 aromatic carbocycles. The Labute approximate surface area is 110 Å². The second kappa shape index (κ2) is 5.83. The van der Waals surface area contributed by atoms with Crippen molar-refractivity contribution in [2.24, 2.45) is 5.92 Å². The number of aryl methyl sites for hydroxylation is 1. The minimum Gasteiger partial charge on any atom is -0.314 e. The lowest BCUT2D eigenvalue weighted by Gasteiger charge is -2.22. The van der Waals surface area contributed by atoms with Gasteiger partial charge in [-0.2, -0.15) is 0 Å². The normalized spacial score (nSPS) is 27.7. The third-order valence-electron chi connectivity index (χ3n) is 4.27. The monoisotopic (exact) mass is 249 g/mol. The van der Waals surface area contributed by atoms with Crippen LogP contribution in [0.15, 0.2) is 18.2 Å². The molecule has 0 heterocycles. The minimum absolute atomic E-state index is 0.0337. The highest BCUT2D eigenvalue weighted by molar-refractivity contribution is 5.29. The average Bonchev–Trinajstić information content (AvgIpc) is 2.71. The molecule has 1 nitrogen and oxygen atoms in total. The smallest absolute Gasteiger partial charge is 0.126 e. The molecule has 0 amide bonds. The van der Waals surface area contributed by atoms with E-state index in [4.69, 9.17) is 0 Å². The number of hydrogen-bond donors (Lipinski definition) is 1. The maximum Gasteiger partial charge on any atom is 0.126 e. The summed E-state index contributed by atoms with van der Waals surface area (Å²) in [6.45, 7) is 7.55. The molecular formula is C16H24FN. The van der Waals surface area contributed by atoms with E-state index >= 15 is 0 Å². The topological polar surface area (TPSA) is 12.0 Å². The molecular weight excluding hydrogens is 225 g/mol. The van der Waals surface area contributed by atoms with Gasteiger partial charge in [0.1, 0.15) is 5.82 Å². The minimum atomic E-state index is -0.0337. The van der Waals surface area contributed by atoms with Crippen molar-refractivity contribution in [1.82, 2.24) is 5.32 Å². The molecule has 3 atom stereocenters. The molecule has 0 spiro atoms. The van der Waals surface area contributed by atoms with Gasteiger partial charge in [0.2, 0.25) is 0 Å². The number of nitrogens with one attached hydrogen (secondary N) is 1. The molecule has 1 aromatic rings. The van der Waals surface area contributed by atoms with Crippen molar-refractivity contribution in [2.45, 2.75) is 52.0 Å². The standard InChI is InChI=1S/C16H24FN/c1-4-9-18-16-8-6-13(12(16)3)14-10-11(2)5-7-15(14)17/h5,7,10,12-13,16,18H,4,6,8-9H2,1-3H3. The number of halogens is 1. The highest BCUT2D eigenvalue weighted by Crippen LogP contribution is 2.40. The molecule has 1 saturated carbocycles. The Morgan fingerprint density at radius 3 is 2.83 bits per heavy atom. The maximum absolute atomic E-state index is 14.0. The predicted octanol–water partition coefficient (Wildman–Crippen LogP) is 4.02. The van der Waals surface area contributed by atoms with E-state index in [-0.39, 0.29) is 5.82 Å². The van der Waals surface area contributed by atoms with Crippen molar-refractivity contribution in [2.75, 3.05) is 6.54 Å². The van der Waals surface area contributed by atoms with E-state index in [1.54, 1.807) is 6.07 Å². The molecule has 0 aliphatic heterocycles. The van der Waals surface area contributed by atoms with E-state index in [0.717, 1.165) is 30.5 Å². The van der Waals surface area contributed by atoms with E-state index in [2.05, 4.69) is 19.2 Å². The van der Waals surface area contributed by atoms with Crippen LogP contribution in [0.5, 0.6) is 0 Å². The Kier molecular flexibility index (Phi) is 4.39. The Balaban J connectivity index is 2.12. The summed E-state index contributed by atoms with van der Waals surface area (Å²) < 4.78 is 14.0. The summed E-state index contributed by atoms with van der Waals surface area (Å²) in [5.74, 6) is 0.862. The van der Waals surface area contributed by atoms with Crippen molar-refractivity contribution in [3.05, 3.63) is 35.1 Å². The fourth-order valence-electron chi connectivity index (χ4n) is 3.17. The molecule has 0 aromatic heterocycles. The lowest BCUT2D eigenvalue weighted by atomic mass is 9.88. The highest BCUT2D eigenvalue weighted by Gasteiger charge is 2.34. The van der Waals surface area contributed by atoms with Gasteiger partial charge < -0.3 is 5.32 Å². The van der Waals surface area contributed by atoms with Crippen LogP contribution in [0.25, 0.3) is 0 Å². The van der Waals surface area contributed by atoms with Crippen molar-refractivity contribution in [3.63, 3.8) is 0 Å². The first-order valence-electron chi connectivity index (χ1n) is 7.13. The Hall–Kier alpha value is -0.890. The van der Waals surface area contributed by atoms with Crippen LogP contribution >= 0.6 is 0 Å². The fraction of sp³-hybridized carbons (Fsp3) is 0.625. The van der Waals surface area contributed by atoms with Crippen LogP contribution in [0.4, 0.5) is 4.39 Å². The van der Waals surface area contributed by atoms with Crippen molar-refractivity contribution in [3.8, 4) is 0 Å². The molecule has 2 heteroatoms. The van der Waals surface area contributed by atoms with Crippen LogP contribution in [0.2, 0.25) is 0 Å². The van der Waals surface area contributed by atoms with Crippen molar-refractivity contribution < 1.29 is 4.39 Å². The van der Waals surface area contributed by atoms with E-state index in [0.29, 0.717) is 17.9 Å². The van der Waals surface area contributed by atoms with Gasteiger partial charge in [-0.05, 0) is 56.2 Å². The fourth-order valence-corrected chi connectivity index (χ4v) is 3.17. The number of benzene rings is 1. The largest absolute Gasteiger partial charge is 0.314 e. The number of rotatable bonds is 4. The molecule has 18 heavy (non-hydrogen) atoms. The third-order valence-corrected chi connectivity index (χ3v) is 4.27. The first-order valence-corrected chi connectivity index (χ1v) is 7.13. The third kappa shape index (κ3) is 2.74. The highest BCUT2D eigenvalue weighted by atomic mass is 19.1. The van der Waals surface area contributed by atoms with Crippen LogP contribution in [0, 0.1) is 18.7 Å². The summed E-state index contributed by atoms with van der Waals surface area (Å²) in [5.41, 5.74) is 2.08. The van der Waals surface area contributed by atoms with Crippen molar-refractivity contribution >= 4 is 0 Å². The van der Waals surface area contributed by atoms with Crippen LogP contribution < -0.4 is 5.32 Å². The summed E-state index contributed by atoms with van der Waals surface area (Å²) in [5, 5.41) is 3.59. The summed E-state index contributed by atoms with van der Waals surface area (Å²) in [6.07, 6.45) is 3.43. The first-order chi connectivity index (χ1) is 8.63. The van der Waals surface area contributed by atoms with E-state index in [1.165, 1.54) is 6.42 Å². The Morgan fingerprint density at radius 2 is 2.11 bits per heavy atom. The van der Waals surface area contributed by atoms with Gasteiger partial charge in [0.15, 0.2) is 0 Å².